The van der Waals surface area contributed by atoms with Crippen molar-refractivity contribution < 1.29 is 9.21 Å². The molecule has 0 N–H and O–H groups in total. The van der Waals surface area contributed by atoms with Crippen molar-refractivity contribution >= 4 is 34.7 Å². The molecule has 2 aromatic carbocycles. The second-order valence-corrected chi connectivity index (χ2v) is 6.88. The quantitative estimate of drug-likeness (QED) is 0.619. The number of carbonyl (C=O) groups excluding carboxylic acids is 1. The number of rotatable bonds is 3. The minimum Gasteiger partial charge on any atom is -0.440 e. The van der Waals surface area contributed by atoms with Gasteiger partial charge in [-0.2, -0.15) is 0 Å². The third-order valence-corrected chi connectivity index (χ3v) is 5.12. The lowest BCUT2D eigenvalue weighted by molar-refractivity contribution is -0.127. The van der Waals surface area contributed by atoms with Gasteiger partial charge in [0.2, 0.25) is 5.91 Å². The van der Waals surface area contributed by atoms with Crippen LogP contribution in [0.5, 0.6) is 0 Å². The fraction of sp³-hybridized carbons (Fsp3) is 0.238. The topological polar surface area (TPSA) is 46.3 Å². The fourth-order valence-electron chi connectivity index (χ4n) is 3.29. The van der Waals surface area contributed by atoms with Gasteiger partial charge in [-0.15, -0.1) is 0 Å². The summed E-state index contributed by atoms with van der Waals surface area (Å²) in [6.07, 6.45) is 5.09. The Balaban J connectivity index is 1.38. The van der Waals surface area contributed by atoms with Gasteiger partial charge in [-0.1, -0.05) is 41.9 Å². The molecule has 0 spiro atoms. The average molecular weight is 367 g/mol. The van der Waals surface area contributed by atoms with Crippen molar-refractivity contribution in [1.29, 1.82) is 0 Å². The lowest BCUT2D eigenvalue weighted by Crippen LogP contribution is -2.36. The largest absolute Gasteiger partial charge is 0.440 e. The van der Waals surface area contributed by atoms with Gasteiger partial charge in [-0.3, -0.25) is 4.79 Å². The summed E-state index contributed by atoms with van der Waals surface area (Å²) in [7, 11) is 0. The van der Waals surface area contributed by atoms with Crippen LogP contribution in [-0.4, -0.2) is 28.9 Å². The van der Waals surface area contributed by atoms with Gasteiger partial charge in [0, 0.05) is 30.1 Å². The SMILES string of the molecule is O=C(C=Cc1ccccc1Cl)N1CCC(c2nc3ccccc3o2)CC1. The van der Waals surface area contributed by atoms with Crippen molar-refractivity contribution in [3.05, 3.63) is 71.1 Å². The summed E-state index contributed by atoms with van der Waals surface area (Å²) in [6, 6.07) is 15.3. The van der Waals surface area contributed by atoms with E-state index in [4.69, 9.17) is 16.0 Å². The van der Waals surface area contributed by atoms with Gasteiger partial charge in [-0.05, 0) is 42.7 Å². The molecule has 5 heteroatoms. The number of aromatic nitrogens is 1. The molecule has 0 aliphatic carbocycles. The number of benzene rings is 2. The molecule has 0 bridgehead atoms. The summed E-state index contributed by atoms with van der Waals surface area (Å²) in [5.41, 5.74) is 2.57. The molecule has 1 aromatic heterocycles. The second kappa shape index (κ2) is 7.34. The van der Waals surface area contributed by atoms with E-state index < -0.39 is 0 Å². The Bertz CT molecular complexity index is 922. The molecule has 3 aromatic rings. The molecule has 0 atom stereocenters. The second-order valence-electron chi connectivity index (χ2n) is 6.47. The van der Waals surface area contributed by atoms with E-state index >= 15 is 0 Å². The van der Waals surface area contributed by atoms with Crippen LogP contribution in [0.15, 0.2) is 59.0 Å². The van der Waals surface area contributed by atoms with E-state index in [0.29, 0.717) is 18.1 Å². The zero-order chi connectivity index (χ0) is 17.9. The number of hydrogen-bond donors (Lipinski definition) is 0. The molecule has 2 heterocycles. The number of hydrogen-bond acceptors (Lipinski definition) is 3. The van der Waals surface area contributed by atoms with Crippen molar-refractivity contribution in [3.8, 4) is 0 Å². The smallest absolute Gasteiger partial charge is 0.246 e. The van der Waals surface area contributed by atoms with Crippen LogP contribution in [0.1, 0.15) is 30.2 Å². The first-order valence-corrected chi connectivity index (χ1v) is 9.15. The number of carbonyl (C=O) groups is 1. The van der Waals surface area contributed by atoms with Crippen LogP contribution in [0.4, 0.5) is 0 Å². The summed E-state index contributed by atoms with van der Waals surface area (Å²) < 4.78 is 5.88. The number of piperidine rings is 1. The average Bonchev–Trinajstić information content (AvgIpc) is 3.11. The van der Waals surface area contributed by atoms with Crippen LogP contribution in [0, 0.1) is 0 Å². The van der Waals surface area contributed by atoms with Gasteiger partial charge in [0.15, 0.2) is 11.5 Å². The fourth-order valence-corrected chi connectivity index (χ4v) is 3.49. The van der Waals surface area contributed by atoms with Crippen LogP contribution in [0.3, 0.4) is 0 Å². The first-order chi connectivity index (χ1) is 12.7. The van der Waals surface area contributed by atoms with E-state index in [1.165, 1.54) is 0 Å². The normalized spacial score (nSPS) is 15.8. The van der Waals surface area contributed by atoms with Crippen LogP contribution >= 0.6 is 11.6 Å². The molecule has 0 unspecified atom stereocenters. The molecular formula is C21H19ClN2O2. The molecule has 4 rings (SSSR count). The summed E-state index contributed by atoms with van der Waals surface area (Å²) in [6.45, 7) is 1.41. The Labute approximate surface area is 157 Å². The summed E-state index contributed by atoms with van der Waals surface area (Å²) >= 11 is 6.12. The molecule has 4 nitrogen and oxygen atoms in total. The maximum atomic E-state index is 12.4. The molecule has 1 aliphatic rings. The third-order valence-electron chi connectivity index (χ3n) is 4.78. The van der Waals surface area contributed by atoms with Gasteiger partial charge in [0.1, 0.15) is 5.52 Å². The summed E-state index contributed by atoms with van der Waals surface area (Å²) in [4.78, 5) is 18.9. The molecule has 0 saturated carbocycles. The molecule has 26 heavy (non-hydrogen) atoms. The van der Waals surface area contributed by atoms with E-state index in [2.05, 4.69) is 4.98 Å². The summed E-state index contributed by atoms with van der Waals surface area (Å²) in [5, 5.41) is 0.645. The first-order valence-electron chi connectivity index (χ1n) is 8.78. The van der Waals surface area contributed by atoms with Gasteiger partial charge in [-0.25, -0.2) is 4.98 Å². The number of amides is 1. The van der Waals surface area contributed by atoms with Gasteiger partial charge >= 0.3 is 0 Å². The number of halogens is 1. The number of nitrogens with zero attached hydrogens (tertiary/aromatic N) is 2. The standard InChI is InChI=1S/C21H19ClN2O2/c22-17-6-2-1-5-15(17)9-10-20(25)24-13-11-16(12-14-24)21-23-18-7-3-4-8-19(18)26-21/h1-10,16H,11-14H2. The highest BCUT2D eigenvalue weighted by atomic mass is 35.5. The zero-order valence-corrected chi connectivity index (χ0v) is 15.0. The van der Waals surface area contributed by atoms with E-state index in [-0.39, 0.29) is 11.8 Å². The summed E-state index contributed by atoms with van der Waals surface area (Å²) in [5.74, 6) is 1.06. The number of para-hydroxylation sites is 2. The Morgan fingerprint density at radius 2 is 1.85 bits per heavy atom. The molecule has 1 fully saturated rings. The van der Waals surface area contributed by atoms with Crippen molar-refractivity contribution in [3.63, 3.8) is 0 Å². The molecular weight excluding hydrogens is 348 g/mol. The van der Waals surface area contributed by atoms with Gasteiger partial charge in [0.25, 0.3) is 0 Å². The van der Waals surface area contributed by atoms with Crippen molar-refractivity contribution in [2.45, 2.75) is 18.8 Å². The highest BCUT2D eigenvalue weighted by molar-refractivity contribution is 6.32. The lowest BCUT2D eigenvalue weighted by atomic mass is 9.96. The monoisotopic (exact) mass is 366 g/mol. The van der Waals surface area contributed by atoms with Crippen molar-refractivity contribution in [1.82, 2.24) is 9.88 Å². The third kappa shape index (κ3) is 3.51. The van der Waals surface area contributed by atoms with Crippen molar-refractivity contribution in [2.24, 2.45) is 0 Å². The Morgan fingerprint density at radius 3 is 2.62 bits per heavy atom. The van der Waals surface area contributed by atoms with E-state index in [9.17, 15) is 4.79 Å². The highest BCUT2D eigenvalue weighted by Crippen LogP contribution is 2.30. The minimum atomic E-state index is 0.0148. The lowest BCUT2D eigenvalue weighted by Gasteiger charge is -2.29. The van der Waals surface area contributed by atoms with Crippen LogP contribution in [0.2, 0.25) is 5.02 Å². The van der Waals surface area contributed by atoms with Gasteiger partial charge < -0.3 is 9.32 Å². The van der Waals surface area contributed by atoms with Crippen LogP contribution in [0.25, 0.3) is 17.2 Å². The van der Waals surface area contributed by atoms with Crippen LogP contribution < -0.4 is 0 Å². The Kier molecular flexibility index (Phi) is 4.76. The van der Waals surface area contributed by atoms with Crippen LogP contribution in [-0.2, 0) is 4.79 Å². The van der Waals surface area contributed by atoms with E-state index in [1.807, 2.05) is 53.4 Å². The minimum absolute atomic E-state index is 0.0148. The Hall–Kier alpha value is -2.59. The molecule has 132 valence electrons. The van der Waals surface area contributed by atoms with Gasteiger partial charge in [0.05, 0.1) is 0 Å². The molecule has 1 saturated heterocycles. The maximum Gasteiger partial charge on any atom is 0.246 e. The predicted octanol–water partition coefficient (Wildman–Crippen LogP) is 4.90. The van der Waals surface area contributed by atoms with Crippen molar-refractivity contribution in [2.75, 3.05) is 13.1 Å². The zero-order valence-electron chi connectivity index (χ0n) is 14.3. The predicted molar refractivity (Wildman–Crippen MR) is 103 cm³/mol. The first kappa shape index (κ1) is 16.9. The number of likely N-dealkylation sites (tertiary alicyclic amines) is 1. The Morgan fingerprint density at radius 1 is 1.12 bits per heavy atom. The number of oxazole rings is 1. The molecule has 1 aliphatic heterocycles. The maximum absolute atomic E-state index is 12.4. The molecule has 1 amide bonds. The van der Waals surface area contributed by atoms with E-state index in [1.54, 1.807) is 12.2 Å². The number of fused-ring (bicyclic) bond motifs is 1. The van der Waals surface area contributed by atoms with E-state index in [0.717, 1.165) is 35.4 Å². The molecule has 0 radical (unpaired) electrons. The highest BCUT2D eigenvalue weighted by Gasteiger charge is 2.26.